The summed E-state index contributed by atoms with van der Waals surface area (Å²) in [4.78, 5) is 8.41. The van der Waals surface area contributed by atoms with E-state index in [1.54, 1.807) is 0 Å². The van der Waals surface area contributed by atoms with Crippen molar-refractivity contribution >= 4 is 10.9 Å². The molecule has 4 rings (SSSR count). The minimum absolute atomic E-state index is 0.265. The fourth-order valence-corrected chi connectivity index (χ4v) is 2.36. The highest BCUT2D eigenvalue weighted by Gasteiger charge is 2.09. The maximum Gasteiger partial charge on any atom is 0.224 e. The molecule has 0 unspecified atom stereocenters. The molecule has 5 nitrogen and oxygen atoms in total. The van der Waals surface area contributed by atoms with Gasteiger partial charge in [0.1, 0.15) is 12.0 Å². The summed E-state index contributed by atoms with van der Waals surface area (Å²) in [6, 6.07) is 19.5. The van der Waals surface area contributed by atoms with Gasteiger partial charge in [-0.05, 0) is 12.1 Å². The zero-order valence-electron chi connectivity index (χ0n) is 12.2. The van der Waals surface area contributed by atoms with Crippen LogP contribution in [0.5, 0.6) is 5.88 Å². The predicted molar refractivity (Wildman–Crippen MR) is 85.8 cm³/mol. The lowest BCUT2D eigenvalue weighted by molar-refractivity contribution is 0.244. The monoisotopic (exact) mass is 303 g/mol. The SMILES string of the molecule is c1ccc(-c2cc(COc3ncnc4ccccc34)on2)cc1. The third-order valence-corrected chi connectivity index (χ3v) is 3.49. The minimum Gasteiger partial charge on any atom is -0.469 e. The summed E-state index contributed by atoms with van der Waals surface area (Å²) in [5.74, 6) is 1.18. The van der Waals surface area contributed by atoms with E-state index in [2.05, 4.69) is 15.1 Å². The molecule has 0 aliphatic rings. The van der Waals surface area contributed by atoms with Crippen LogP contribution < -0.4 is 4.74 Å². The van der Waals surface area contributed by atoms with Crippen molar-refractivity contribution in [3.05, 3.63) is 72.8 Å². The molecular formula is C18H13N3O2. The highest BCUT2D eigenvalue weighted by Crippen LogP contribution is 2.23. The molecule has 2 heterocycles. The van der Waals surface area contributed by atoms with Gasteiger partial charge in [0, 0.05) is 11.6 Å². The van der Waals surface area contributed by atoms with E-state index in [9.17, 15) is 0 Å². The third kappa shape index (κ3) is 2.76. The Balaban J connectivity index is 1.54. The van der Waals surface area contributed by atoms with Gasteiger partial charge >= 0.3 is 0 Å². The molecule has 0 fully saturated rings. The molecule has 0 spiro atoms. The number of rotatable bonds is 4. The number of nitrogens with zero attached hydrogens (tertiary/aromatic N) is 3. The van der Waals surface area contributed by atoms with Crippen molar-refractivity contribution in [2.75, 3.05) is 0 Å². The largest absolute Gasteiger partial charge is 0.469 e. The molecule has 0 aliphatic carbocycles. The third-order valence-electron chi connectivity index (χ3n) is 3.49. The first-order valence-electron chi connectivity index (χ1n) is 7.24. The van der Waals surface area contributed by atoms with Gasteiger partial charge in [0.05, 0.1) is 10.9 Å². The van der Waals surface area contributed by atoms with Gasteiger partial charge in [-0.25, -0.2) is 9.97 Å². The van der Waals surface area contributed by atoms with E-state index in [1.165, 1.54) is 6.33 Å². The summed E-state index contributed by atoms with van der Waals surface area (Å²) in [7, 11) is 0. The van der Waals surface area contributed by atoms with Crippen molar-refractivity contribution in [2.45, 2.75) is 6.61 Å². The van der Waals surface area contributed by atoms with Crippen molar-refractivity contribution in [2.24, 2.45) is 0 Å². The second-order valence-corrected chi connectivity index (χ2v) is 5.03. The molecule has 5 heteroatoms. The fraction of sp³-hybridized carbons (Fsp3) is 0.0556. The summed E-state index contributed by atoms with van der Waals surface area (Å²) in [6.45, 7) is 0.265. The Bertz CT molecular complexity index is 930. The Kier molecular flexibility index (Phi) is 3.44. The summed E-state index contributed by atoms with van der Waals surface area (Å²) in [5.41, 5.74) is 2.65. The Morgan fingerprint density at radius 1 is 0.913 bits per heavy atom. The minimum atomic E-state index is 0.265. The standard InChI is InChI=1S/C18H13N3O2/c1-2-6-13(7-3-1)17-10-14(23-21-17)11-22-18-15-8-4-5-9-16(15)19-12-20-18/h1-10,12H,11H2. The molecular weight excluding hydrogens is 290 g/mol. The van der Waals surface area contributed by atoms with Crippen molar-refractivity contribution in [3.8, 4) is 17.1 Å². The zero-order chi connectivity index (χ0) is 15.5. The van der Waals surface area contributed by atoms with Gasteiger partial charge in [-0.3, -0.25) is 0 Å². The number of hydrogen-bond donors (Lipinski definition) is 0. The van der Waals surface area contributed by atoms with Crippen LogP contribution >= 0.6 is 0 Å². The van der Waals surface area contributed by atoms with E-state index in [0.29, 0.717) is 11.6 Å². The lowest BCUT2D eigenvalue weighted by Crippen LogP contribution is -1.97. The van der Waals surface area contributed by atoms with Crippen LogP contribution in [0.3, 0.4) is 0 Å². The average molecular weight is 303 g/mol. The number of benzene rings is 2. The fourth-order valence-electron chi connectivity index (χ4n) is 2.36. The molecule has 2 aromatic carbocycles. The second-order valence-electron chi connectivity index (χ2n) is 5.03. The molecule has 0 atom stereocenters. The molecule has 0 aliphatic heterocycles. The second kappa shape index (κ2) is 5.88. The molecule has 2 aromatic heterocycles. The van der Waals surface area contributed by atoms with E-state index in [-0.39, 0.29) is 6.61 Å². The molecule has 0 radical (unpaired) electrons. The van der Waals surface area contributed by atoms with Crippen LogP contribution in [0.25, 0.3) is 22.2 Å². The number of ether oxygens (including phenoxy) is 1. The Morgan fingerprint density at radius 2 is 1.74 bits per heavy atom. The normalized spacial score (nSPS) is 10.8. The van der Waals surface area contributed by atoms with E-state index in [1.807, 2.05) is 60.7 Å². The van der Waals surface area contributed by atoms with Crippen LogP contribution in [0.1, 0.15) is 5.76 Å². The molecule has 0 N–H and O–H groups in total. The van der Waals surface area contributed by atoms with Gasteiger partial charge in [-0.2, -0.15) is 0 Å². The summed E-state index contributed by atoms with van der Waals surface area (Å²) < 4.78 is 11.1. The quantitative estimate of drug-likeness (QED) is 0.573. The maximum absolute atomic E-state index is 5.77. The summed E-state index contributed by atoms with van der Waals surface area (Å²) in [6.07, 6.45) is 1.49. The van der Waals surface area contributed by atoms with E-state index >= 15 is 0 Å². The van der Waals surface area contributed by atoms with Crippen LogP contribution in [0.2, 0.25) is 0 Å². The highest BCUT2D eigenvalue weighted by atomic mass is 16.5. The van der Waals surface area contributed by atoms with Crippen LogP contribution in [-0.2, 0) is 6.61 Å². The number of hydrogen-bond acceptors (Lipinski definition) is 5. The molecule has 23 heavy (non-hydrogen) atoms. The van der Waals surface area contributed by atoms with Gasteiger partial charge in [0.25, 0.3) is 0 Å². The lowest BCUT2D eigenvalue weighted by atomic mass is 10.1. The molecule has 112 valence electrons. The van der Waals surface area contributed by atoms with Crippen LogP contribution in [-0.4, -0.2) is 15.1 Å². The summed E-state index contributed by atoms with van der Waals surface area (Å²) >= 11 is 0. The number of para-hydroxylation sites is 1. The van der Waals surface area contributed by atoms with Crippen molar-refractivity contribution < 1.29 is 9.26 Å². The van der Waals surface area contributed by atoms with Crippen molar-refractivity contribution in [1.29, 1.82) is 0 Å². The maximum atomic E-state index is 5.77. The van der Waals surface area contributed by atoms with Gasteiger partial charge in [0.2, 0.25) is 5.88 Å². The van der Waals surface area contributed by atoms with Crippen LogP contribution in [0.4, 0.5) is 0 Å². The van der Waals surface area contributed by atoms with Crippen LogP contribution in [0, 0.1) is 0 Å². The Labute approximate surface area is 132 Å². The summed E-state index contributed by atoms with van der Waals surface area (Å²) in [5, 5.41) is 4.95. The number of aromatic nitrogens is 3. The van der Waals surface area contributed by atoms with Gasteiger partial charge in [-0.15, -0.1) is 0 Å². The van der Waals surface area contributed by atoms with Crippen LogP contribution in [0.15, 0.2) is 71.5 Å². The molecule has 4 aromatic rings. The highest BCUT2D eigenvalue weighted by molar-refractivity contribution is 5.82. The average Bonchev–Trinajstić information content (AvgIpc) is 3.10. The smallest absolute Gasteiger partial charge is 0.224 e. The first-order chi connectivity index (χ1) is 11.4. The van der Waals surface area contributed by atoms with Crippen molar-refractivity contribution in [3.63, 3.8) is 0 Å². The molecule has 0 bridgehead atoms. The van der Waals surface area contributed by atoms with E-state index in [0.717, 1.165) is 22.2 Å². The van der Waals surface area contributed by atoms with Gasteiger partial charge in [0.15, 0.2) is 12.4 Å². The van der Waals surface area contributed by atoms with E-state index in [4.69, 9.17) is 9.26 Å². The topological polar surface area (TPSA) is 61.0 Å². The Hall–Kier alpha value is -3.21. The van der Waals surface area contributed by atoms with E-state index < -0.39 is 0 Å². The van der Waals surface area contributed by atoms with Gasteiger partial charge in [-0.1, -0.05) is 47.6 Å². The number of fused-ring (bicyclic) bond motifs is 1. The zero-order valence-corrected chi connectivity index (χ0v) is 12.2. The Morgan fingerprint density at radius 3 is 2.65 bits per heavy atom. The molecule has 0 saturated carbocycles. The van der Waals surface area contributed by atoms with Crippen molar-refractivity contribution in [1.82, 2.24) is 15.1 Å². The first-order valence-corrected chi connectivity index (χ1v) is 7.24. The molecule has 0 amide bonds. The first kappa shape index (κ1) is 13.5. The van der Waals surface area contributed by atoms with Gasteiger partial charge < -0.3 is 9.26 Å². The predicted octanol–water partition coefficient (Wildman–Crippen LogP) is 3.86. The molecule has 0 saturated heterocycles. The lowest BCUT2D eigenvalue weighted by Gasteiger charge is -2.05.